The second-order valence-corrected chi connectivity index (χ2v) is 7.28. The van der Waals surface area contributed by atoms with Gasteiger partial charge in [-0.2, -0.15) is 0 Å². The van der Waals surface area contributed by atoms with E-state index in [2.05, 4.69) is 15.6 Å². The van der Waals surface area contributed by atoms with Crippen LogP contribution < -0.4 is 10.6 Å². The fourth-order valence-electron chi connectivity index (χ4n) is 2.80. The number of thiazole rings is 1. The van der Waals surface area contributed by atoms with Crippen molar-refractivity contribution in [3.63, 3.8) is 0 Å². The Morgan fingerprint density at radius 3 is 2.96 bits per heavy atom. The van der Waals surface area contributed by atoms with Crippen LogP contribution in [0.4, 0.5) is 15.2 Å². The highest BCUT2D eigenvalue weighted by atomic mass is 32.1. The van der Waals surface area contributed by atoms with Gasteiger partial charge in [0.25, 0.3) is 0 Å². The summed E-state index contributed by atoms with van der Waals surface area (Å²) in [6.45, 7) is 2.94. The molecule has 1 unspecified atom stereocenters. The molecule has 1 fully saturated rings. The van der Waals surface area contributed by atoms with Crippen molar-refractivity contribution in [2.24, 2.45) is 0 Å². The van der Waals surface area contributed by atoms with E-state index < -0.39 is 5.82 Å². The van der Waals surface area contributed by atoms with Gasteiger partial charge in [0.15, 0.2) is 5.13 Å². The topological polar surface area (TPSA) is 89.6 Å². The third kappa shape index (κ3) is 5.82. The lowest BCUT2D eigenvalue weighted by atomic mass is 10.1. The van der Waals surface area contributed by atoms with Crippen molar-refractivity contribution in [1.82, 2.24) is 4.98 Å². The quantitative estimate of drug-likeness (QED) is 0.655. The van der Waals surface area contributed by atoms with Crippen LogP contribution >= 0.6 is 11.3 Å². The number of nitrogens with one attached hydrogen (secondary N) is 2. The summed E-state index contributed by atoms with van der Waals surface area (Å²) in [5.74, 6) is -0.989. The first-order valence-electron chi connectivity index (χ1n) is 9.03. The maximum atomic E-state index is 14.3. The lowest BCUT2D eigenvalue weighted by Crippen LogP contribution is -2.18. The van der Waals surface area contributed by atoms with E-state index in [9.17, 15) is 14.0 Å². The van der Waals surface area contributed by atoms with Crippen molar-refractivity contribution < 1.29 is 23.5 Å². The average Bonchev–Trinajstić information content (AvgIpc) is 3.30. The van der Waals surface area contributed by atoms with Gasteiger partial charge in [0, 0.05) is 30.2 Å². The van der Waals surface area contributed by atoms with Crippen LogP contribution in [0.25, 0.3) is 11.3 Å². The summed E-state index contributed by atoms with van der Waals surface area (Å²) >= 11 is 1.22. The molecule has 1 saturated heterocycles. The Kier molecular flexibility index (Phi) is 7.07. The fraction of sp³-hybridized carbons (Fsp3) is 0.421. The van der Waals surface area contributed by atoms with Gasteiger partial charge >= 0.3 is 0 Å². The number of ether oxygens (including phenoxy) is 2. The van der Waals surface area contributed by atoms with Crippen molar-refractivity contribution in [3.8, 4) is 11.3 Å². The van der Waals surface area contributed by atoms with Gasteiger partial charge in [-0.3, -0.25) is 9.59 Å². The van der Waals surface area contributed by atoms with E-state index in [1.165, 1.54) is 24.3 Å². The van der Waals surface area contributed by atoms with Crippen LogP contribution in [0.5, 0.6) is 0 Å². The predicted octanol–water partition coefficient (Wildman–Crippen LogP) is 3.43. The van der Waals surface area contributed by atoms with Crippen LogP contribution in [-0.2, 0) is 19.1 Å². The van der Waals surface area contributed by atoms with Crippen LogP contribution in [0, 0.1) is 5.82 Å². The largest absolute Gasteiger partial charge is 0.378 e. The van der Waals surface area contributed by atoms with E-state index in [0.29, 0.717) is 35.3 Å². The molecule has 2 aromatic rings. The molecule has 1 atom stereocenters. The van der Waals surface area contributed by atoms with Gasteiger partial charge in [-0.1, -0.05) is 0 Å². The van der Waals surface area contributed by atoms with Gasteiger partial charge in [0.05, 0.1) is 31.4 Å². The van der Waals surface area contributed by atoms with Crippen molar-refractivity contribution in [2.45, 2.75) is 32.3 Å². The molecular weight excluding hydrogens is 385 g/mol. The lowest BCUT2D eigenvalue weighted by molar-refractivity contribution is -0.117. The van der Waals surface area contributed by atoms with Crippen molar-refractivity contribution in [1.29, 1.82) is 0 Å². The Labute approximate surface area is 166 Å². The Hall–Kier alpha value is -2.36. The van der Waals surface area contributed by atoms with Crippen LogP contribution in [-0.4, -0.2) is 42.7 Å². The minimum Gasteiger partial charge on any atom is -0.378 e. The SMILES string of the molecule is CC(=O)Nc1ccc(-c2csc(NC(=O)CCOCC3CCCO3)n2)c(F)c1. The van der Waals surface area contributed by atoms with Gasteiger partial charge in [0.2, 0.25) is 11.8 Å². The number of halogens is 1. The molecule has 1 aromatic heterocycles. The van der Waals surface area contributed by atoms with Crippen LogP contribution in [0.2, 0.25) is 0 Å². The second-order valence-electron chi connectivity index (χ2n) is 6.42. The first kappa shape index (κ1) is 20.4. The molecule has 2 heterocycles. The highest BCUT2D eigenvalue weighted by molar-refractivity contribution is 7.14. The van der Waals surface area contributed by atoms with E-state index in [0.717, 1.165) is 19.4 Å². The first-order valence-corrected chi connectivity index (χ1v) is 9.91. The molecule has 3 rings (SSSR count). The standard InChI is InChI=1S/C19H22FN3O4S/c1-12(24)21-13-4-5-15(16(20)9-13)17-11-28-19(22-17)23-18(25)6-8-26-10-14-3-2-7-27-14/h4-5,9,11,14H,2-3,6-8,10H2,1H3,(H,21,24)(H,22,23,25). The Balaban J connectivity index is 1.49. The number of carbonyl (C=O) groups is 2. The maximum absolute atomic E-state index is 14.3. The second kappa shape index (κ2) is 9.72. The Bertz CT molecular complexity index is 836. The lowest BCUT2D eigenvalue weighted by Gasteiger charge is -2.09. The Morgan fingerprint density at radius 1 is 1.39 bits per heavy atom. The molecule has 28 heavy (non-hydrogen) atoms. The zero-order valence-corrected chi connectivity index (χ0v) is 16.3. The maximum Gasteiger partial charge on any atom is 0.228 e. The molecule has 0 bridgehead atoms. The molecule has 1 aromatic carbocycles. The number of carbonyl (C=O) groups excluding carboxylic acids is 2. The summed E-state index contributed by atoms with van der Waals surface area (Å²) < 4.78 is 25.2. The molecule has 0 aliphatic carbocycles. The van der Waals surface area contributed by atoms with E-state index >= 15 is 0 Å². The highest BCUT2D eigenvalue weighted by Crippen LogP contribution is 2.28. The molecule has 150 valence electrons. The van der Waals surface area contributed by atoms with Gasteiger partial charge < -0.3 is 20.1 Å². The number of amides is 2. The number of hydrogen-bond donors (Lipinski definition) is 2. The van der Waals surface area contributed by atoms with Gasteiger partial charge in [0.1, 0.15) is 5.82 Å². The number of benzene rings is 1. The summed E-state index contributed by atoms with van der Waals surface area (Å²) in [4.78, 5) is 27.3. The van der Waals surface area contributed by atoms with Crippen LogP contribution in [0.3, 0.4) is 0 Å². The number of hydrogen-bond acceptors (Lipinski definition) is 6. The van der Waals surface area contributed by atoms with Crippen LogP contribution in [0.15, 0.2) is 23.6 Å². The highest BCUT2D eigenvalue weighted by Gasteiger charge is 2.16. The summed E-state index contributed by atoms with van der Waals surface area (Å²) in [7, 11) is 0. The number of anilines is 2. The molecular formula is C19H22FN3O4S. The molecule has 0 saturated carbocycles. The van der Waals surface area contributed by atoms with E-state index in [4.69, 9.17) is 9.47 Å². The average molecular weight is 407 g/mol. The molecule has 0 radical (unpaired) electrons. The molecule has 2 N–H and O–H groups in total. The third-order valence-electron chi connectivity index (χ3n) is 4.12. The predicted molar refractivity (Wildman–Crippen MR) is 105 cm³/mol. The van der Waals surface area contributed by atoms with E-state index in [-0.39, 0.29) is 24.3 Å². The minimum absolute atomic E-state index is 0.136. The number of aromatic nitrogens is 1. The summed E-state index contributed by atoms with van der Waals surface area (Å²) in [6, 6.07) is 4.38. The molecule has 1 aliphatic rings. The van der Waals surface area contributed by atoms with Gasteiger partial charge in [-0.25, -0.2) is 9.37 Å². The molecule has 7 nitrogen and oxygen atoms in total. The zero-order chi connectivity index (χ0) is 19.9. The van der Waals surface area contributed by atoms with Crippen LogP contribution in [0.1, 0.15) is 26.2 Å². The monoisotopic (exact) mass is 407 g/mol. The summed E-state index contributed by atoms with van der Waals surface area (Å²) in [6.07, 6.45) is 2.39. The van der Waals surface area contributed by atoms with Gasteiger partial charge in [-0.05, 0) is 31.0 Å². The molecule has 0 spiro atoms. The van der Waals surface area contributed by atoms with E-state index in [1.54, 1.807) is 17.5 Å². The summed E-state index contributed by atoms with van der Waals surface area (Å²) in [5.41, 5.74) is 1.09. The fourth-order valence-corrected chi connectivity index (χ4v) is 3.52. The van der Waals surface area contributed by atoms with E-state index in [1.807, 2.05) is 0 Å². The number of rotatable bonds is 8. The van der Waals surface area contributed by atoms with Crippen molar-refractivity contribution in [3.05, 3.63) is 29.4 Å². The Morgan fingerprint density at radius 2 is 2.25 bits per heavy atom. The summed E-state index contributed by atoms with van der Waals surface area (Å²) in [5, 5.41) is 7.28. The smallest absolute Gasteiger partial charge is 0.228 e. The van der Waals surface area contributed by atoms with Crippen molar-refractivity contribution >= 4 is 34.0 Å². The number of nitrogens with zero attached hydrogens (tertiary/aromatic N) is 1. The zero-order valence-electron chi connectivity index (χ0n) is 15.5. The molecule has 1 aliphatic heterocycles. The normalized spacial score (nSPS) is 16.1. The first-order chi connectivity index (χ1) is 13.5. The molecule has 2 amide bonds. The third-order valence-corrected chi connectivity index (χ3v) is 4.87. The van der Waals surface area contributed by atoms with Crippen molar-refractivity contribution in [2.75, 3.05) is 30.5 Å². The minimum atomic E-state index is -0.503. The molecule has 9 heteroatoms. The van der Waals surface area contributed by atoms with Gasteiger partial charge in [-0.15, -0.1) is 11.3 Å².